The quantitative estimate of drug-likeness (QED) is 0.595. The first-order valence-electron chi connectivity index (χ1n) is 11.5. The molecule has 0 bridgehead atoms. The lowest BCUT2D eigenvalue weighted by Gasteiger charge is -2.36. The van der Waals surface area contributed by atoms with Gasteiger partial charge in [-0.2, -0.15) is 0 Å². The summed E-state index contributed by atoms with van der Waals surface area (Å²) in [6.45, 7) is 7.17. The van der Waals surface area contributed by atoms with E-state index in [1.807, 2.05) is 62.4 Å². The molecule has 3 heterocycles. The molecule has 0 saturated carbocycles. The van der Waals surface area contributed by atoms with Crippen molar-refractivity contribution >= 4 is 17.9 Å². The maximum absolute atomic E-state index is 14.0. The molecule has 34 heavy (non-hydrogen) atoms. The highest BCUT2D eigenvalue weighted by Gasteiger charge is 2.54. The Labute approximate surface area is 199 Å². The number of imide groups is 1. The number of urea groups is 1. The first-order chi connectivity index (χ1) is 16.5. The summed E-state index contributed by atoms with van der Waals surface area (Å²) in [6, 6.07) is 16.9. The molecule has 0 spiro atoms. The molecule has 174 valence electrons. The Hall–Kier alpha value is -3.78. The second-order valence-corrected chi connectivity index (χ2v) is 8.87. The fraction of sp³-hybridized carbons (Fsp3) is 0.308. The summed E-state index contributed by atoms with van der Waals surface area (Å²) in [4.78, 5) is 41.4. The van der Waals surface area contributed by atoms with Gasteiger partial charge < -0.3 is 10.2 Å². The summed E-state index contributed by atoms with van der Waals surface area (Å²) < 4.78 is 0. The number of nitrogens with zero attached hydrogens (tertiary/aromatic N) is 5. The van der Waals surface area contributed by atoms with Gasteiger partial charge in [-0.3, -0.25) is 9.69 Å². The smallest absolute Gasteiger partial charge is 0.326 e. The lowest BCUT2D eigenvalue weighted by molar-refractivity contribution is -0.131. The van der Waals surface area contributed by atoms with E-state index in [0.717, 1.165) is 35.3 Å². The van der Waals surface area contributed by atoms with Crippen LogP contribution in [0.5, 0.6) is 0 Å². The van der Waals surface area contributed by atoms with Gasteiger partial charge in [0.15, 0.2) is 5.54 Å². The maximum Gasteiger partial charge on any atom is 0.326 e. The van der Waals surface area contributed by atoms with Gasteiger partial charge >= 0.3 is 6.03 Å². The summed E-state index contributed by atoms with van der Waals surface area (Å²) in [5.41, 5.74) is 2.50. The minimum Gasteiger partial charge on any atom is -0.338 e. The van der Waals surface area contributed by atoms with Gasteiger partial charge in [-0.05, 0) is 42.2 Å². The van der Waals surface area contributed by atoms with Crippen molar-refractivity contribution in [3.63, 3.8) is 0 Å². The molecule has 0 radical (unpaired) electrons. The highest BCUT2D eigenvalue weighted by Crippen LogP contribution is 2.37. The molecule has 2 aliphatic rings. The molecule has 3 amide bonds. The minimum atomic E-state index is -1.24. The van der Waals surface area contributed by atoms with Gasteiger partial charge in [0.05, 0.1) is 6.67 Å². The first-order valence-corrected chi connectivity index (χ1v) is 11.5. The van der Waals surface area contributed by atoms with Gasteiger partial charge in [-0.25, -0.2) is 19.7 Å². The number of hydrogen-bond donors (Lipinski definition) is 1. The molecular formula is C26H28N6O2. The molecule has 5 rings (SSSR count). The standard InChI is InChI=1S/C26H28N6O2/c1-19-9-10-22(17-20(19)2)26(21-7-4-3-5-8-21)23(33)32(25(34)29-26)18-30-13-15-31(16-14-30)24-27-11-6-12-28-24/h3-12,17H,13-16,18H2,1-2H3,(H,29,34)/t26-/m0/s1. The number of amides is 3. The minimum absolute atomic E-state index is 0.244. The zero-order valence-electron chi connectivity index (χ0n) is 19.4. The van der Waals surface area contributed by atoms with Gasteiger partial charge in [0.2, 0.25) is 5.95 Å². The van der Waals surface area contributed by atoms with Crippen molar-refractivity contribution in [2.75, 3.05) is 37.7 Å². The number of carbonyl (C=O) groups is 2. The Morgan fingerprint density at radius 3 is 2.24 bits per heavy atom. The number of carbonyl (C=O) groups excluding carboxylic acids is 2. The van der Waals surface area contributed by atoms with E-state index in [1.54, 1.807) is 18.5 Å². The third-order valence-electron chi connectivity index (χ3n) is 6.80. The number of rotatable bonds is 5. The van der Waals surface area contributed by atoms with Gasteiger partial charge in [0.1, 0.15) is 0 Å². The monoisotopic (exact) mass is 456 g/mol. The van der Waals surface area contributed by atoms with Crippen LogP contribution in [-0.4, -0.2) is 64.6 Å². The number of aryl methyl sites for hydroxylation is 2. The van der Waals surface area contributed by atoms with Gasteiger partial charge in [0.25, 0.3) is 5.91 Å². The van der Waals surface area contributed by atoms with Crippen LogP contribution in [-0.2, 0) is 10.3 Å². The van der Waals surface area contributed by atoms with Gasteiger partial charge in [-0.15, -0.1) is 0 Å². The van der Waals surface area contributed by atoms with Crippen LogP contribution >= 0.6 is 0 Å². The molecule has 2 aromatic carbocycles. The Morgan fingerprint density at radius 1 is 0.853 bits per heavy atom. The predicted octanol–water partition coefficient (Wildman–Crippen LogP) is 2.67. The Morgan fingerprint density at radius 2 is 1.56 bits per heavy atom. The number of anilines is 1. The fourth-order valence-corrected chi connectivity index (χ4v) is 4.67. The van der Waals surface area contributed by atoms with E-state index in [9.17, 15) is 9.59 Å². The lowest BCUT2D eigenvalue weighted by Crippen LogP contribution is -2.52. The zero-order chi connectivity index (χ0) is 23.7. The zero-order valence-corrected chi connectivity index (χ0v) is 19.4. The van der Waals surface area contributed by atoms with Crippen molar-refractivity contribution in [2.24, 2.45) is 0 Å². The van der Waals surface area contributed by atoms with E-state index in [2.05, 4.69) is 25.1 Å². The summed E-state index contributed by atoms with van der Waals surface area (Å²) in [5, 5.41) is 3.05. The molecule has 8 nitrogen and oxygen atoms in total. The van der Waals surface area contributed by atoms with Crippen LogP contribution in [0.1, 0.15) is 22.3 Å². The van der Waals surface area contributed by atoms with Crippen molar-refractivity contribution in [1.29, 1.82) is 0 Å². The van der Waals surface area contributed by atoms with Gasteiger partial charge in [-0.1, -0.05) is 48.5 Å². The molecular weight excluding hydrogens is 428 g/mol. The normalized spacial score (nSPS) is 21.1. The van der Waals surface area contributed by atoms with Crippen molar-refractivity contribution < 1.29 is 9.59 Å². The Bertz CT molecular complexity index is 1190. The third-order valence-corrected chi connectivity index (χ3v) is 6.80. The molecule has 3 aromatic rings. The van der Waals surface area contributed by atoms with Crippen molar-refractivity contribution in [3.8, 4) is 0 Å². The van der Waals surface area contributed by atoms with Crippen LogP contribution in [0.25, 0.3) is 0 Å². The highest BCUT2D eigenvalue weighted by molar-refractivity contribution is 6.09. The fourth-order valence-electron chi connectivity index (χ4n) is 4.67. The summed E-state index contributed by atoms with van der Waals surface area (Å²) in [6.07, 6.45) is 3.47. The predicted molar refractivity (Wildman–Crippen MR) is 129 cm³/mol. The lowest BCUT2D eigenvalue weighted by atomic mass is 9.81. The van der Waals surface area contributed by atoms with Crippen molar-refractivity contribution in [2.45, 2.75) is 19.4 Å². The van der Waals surface area contributed by atoms with Crippen LogP contribution in [0, 0.1) is 13.8 Å². The van der Waals surface area contributed by atoms with E-state index in [1.165, 1.54) is 4.90 Å². The molecule has 1 N–H and O–H groups in total. The molecule has 0 unspecified atom stereocenters. The van der Waals surface area contributed by atoms with E-state index in [0.29, 0.717) is 19.0 Å². The number of nitrogens with one attached hydrogen (secondary N) is 1. The topological polar surface area (TPSA) is 81.7 Å². The molecule has 2 saturated heterocycles. The molecule has 2 fully saturated rings. The van der Waals surface area contributed by atoms with Crippen LogP contribution in [0.2, 0.25) is 0 Å². The van der Waals surface area contributed by atoms with Crippen LogP contribution in [0.4, 0.5) is 10.7 Å². The largest absolute Gasteiger partial charge is 0.338 e. The first kappa shape index (κ1) is 22.0. The van der Waals surface area contributed by atoms with Crippen LogP contribution in [0.15, 0.2) is 67.0 Å². The SMILES string of the molecule is Cc1ccc([C@]2(c3ccccc3)NC(=O)N(CN3CCN(c4ncccn4)CC3)C2=O)cc1C. The highest BCUT2D eigenvalue weighted by atomic mass is 16.2. The van der Waals surface area contributed by atoms with E-state index in [4.69, 9.17) is 0 Å². The van der Waals surface area contributed by atoms with Crippen LogP contribution in [0.3, 0.4) is 0 Å². The molecule has 1 atom stereocenters. The molecule has 8 heteroatoms. The van der Waals surface area contributed by atoms with Crippen molar-refractivity contribution in [1.82, 2.24) is 25.1 Å². The molecule has 0 aliphatic carbocycles. The maximum atomic E-state index is 14.0. The number of aromatic nitrogens is 2. The second kappa shape index (κ2) is 8.87. The molecule has 2 aliphatic heterocycles. The second-order valence-electron chi connectivity index (χ2n) is 8.87. The third kappa shape index (κ3) is 3.80. The summed E-state index contributed by atoms with van der Waals surface area (Å²) >= 11 is 0. The Balaban J connectivity index is 1.39. The number of piperazine rings is 1. The number of hydrogen-bond acceptors (Lipinski definition) is 6. The van der Waals surface area contributed by atoms with Crippen molar-refractivity contribution in [3.05, 3.63) is 89.2 Å². The van der Waals surface area contributed by atoms with Gasteiger partial charge in [0, 0.05) is 38.6 Å². The summed E-state index contributed by atoms with van der Waals surface area (Å²) in [5.74, 6) is 0.454. The van der Waals surface area contributed by atoms with Crippen LogP contribution < -0.4 is 10.2 Å². The number of benzene rings is 2. The summed E-state index contributed by atoms with van der Waals surface area (Å²) in [7, 11) is 0. The molecule has 1 aromatic heterocycles. The average Bonchev–Trinajstić information content (AvgIpc) is 3.13. The van der Waals surface area contributed by atoms with E-state index >= 15 is 0 Å². The van der Waals surface area contributed by atoms with E-state index in [-0.39, 0.29) is 18.6 Å². The van der Waals surface area contributed by atoms with E-state index < -0.39 is 5.54 Å². The average molecular weight is 457 g/mol. The Kier molecular flexibility index (Phi) is 5.75.